The number of hydrogen-bond acceptors (Lipinski definition) is 4. The van der Waals surface area contributed by atoms with Crippen molar-refractivity contribution in [2.24, 2.45) is 0 Å². The Bertz CT molecular complexity index is 617. The quantitative estimate of drug-likeness (QED) is 0.942. The van der Waals surface area contributed by atoms with Gasteiger partial charge in [0.05, 0.1) is 23.5 Å². The lowest BCUT2D eigenvalue weighted by Gasteiger charge is -2.17. The molecule has 1 aromatic heterocycles. The predicted molar refractivity (Wildman–Crippen MR) is 80.9 cm³/mol. The zero-order valence-corrected chi connectivity index (χ0v) is 12.1. The van der Waals surface area contributed by atoms with Crippen LogP contribution in [0.2, 0.25) is 5.02 Å². The first kappa shape index (κ1) is 13.8. The lowest BCUT2D eigenvalue weighted by atomic mass is 10.2. The standard InChI is InChI=1S/C15H15ClN4O/c16-12-7-17-15(18-8-12)19-13-6-14(21)20(10-13)9-11-4-2-1-3-5-11/h1-5,7-8,13H,6,9-10H2,(H,17,18,19)/t13-/m1/s1. The molecular weight excluding hydrogens is 288 g/mol. The van der Waals surface area contributed by atoms with Crippen LogP contribution in [0.1, 0.15) is 12.0 Å². The van der Waals surface area contributed by atoms with Crippen LogP contribution in [-0.2, 0) is 11.3 Å². The topological polar surface area (TPSA) is 58.1 Å². The lowest BCUT2D eigenvalue weighted by molar-refractivity contribution is -0.128. The molecule has 1 aliphatic heterocycles. The highest BCUT2D eigenvalue weighted by Crippen LogP contribution is 2.17. The Morgan fingerprint density at radius 2 is 1.95 bits per heavy atom. The van der Waals surface area contributed by atoms with Gasteiger partial charge in [-0.05, 0) is 5.56 Å². The van der Waals surface area contributed by atoms with Gasteiger partial charge in [0, 0.05) is 19.5 Å². The normalized spacial score (nSPS) is 18.0. The first-order chi connectivity index (χ1) is 10.2. The number of nitrogens with one attached hydrogen (secondary N) is 1. The second kappa shape index (κ2) is 6.10. The molecule has 1 fully saturated rings. The molecule has 1 aromatic carbocycles. The molecule has 0 saturated carbocycles. The largest absolute Gasteiger partial charge is 0.349 e. The summed E-state index contributed by atoms with van der Waals surface area (Å²) in [6.45, 7) is 1.29. The van der Waals surface area contributed by atoms with Crippen LogP contribution in [0.15, 0.2) is 42.7 Å². The van der Waals surface area contributed by atoms with Gasteiger partial charge < -0.3 is 10.2 Å². The van der Waals surface area contributed by atoms with E-state index in [2.05, 4.69) is 15.3 Å². The van der Waals surface area contributed by atoms with Crippen molar-refractivity contribution >= 4 is 23.5 Å². The Labute approximate surface area is 128 Å². The van der Waals surface area contributed by atoms with E-state index >= 15 is 0 Å². The van der Waals surface area contributed by atoms with Gasteiger partial charge in [0.25, 0.3) is 0 Å². The minimum absolute atomic E-state index is 0.0300. The summed E-state index contributed by atoms with van der Waals surface area (Å²) in [5, 5.41) is 3.67. The maximum Gasteiger partial charge on any atom is 0.225 e. The van der Waals surface area contributed by atoms with Crippen LogP contribution in [0, 0.1) is 0 Å². The molecule has 1 amide bonds. The number of anilines is 1. The van der Waals surface area contributed by atoms with Crippen LogP contribution in [0.4, 0.5) is 5.95 Å². The number of carbonyl (C=O) groups is 1. The monoisotopic (exact) mass is 302 g/mol. The summed E-state index contributed by atoms with van der Waals surface area (Å²) in [7, 11) is 0. The highest BCUT2D eigenvalue weighted by atomic mass is 35.5. The molecule has 3 rings (SSSR count). The molecule has 2 aromatic rings. The Morgan fingerprint density at radius 1 is 1.24 bits per heavy atom. The fraction of sp³-hybridized carbons (Fsp3) is 0.267. The fourth-order valence-electron chi connectivity index (χ4n) is 2.39. The molecule has 1 aliphatic rings. The van der Waals surface area contributed by atoms with E-state index in [0.717, 1.165) is 5.56 Å². The van der Waals surface area contributed by atoms with Gasteiger partial charge in [-0.1, -0.05) is 41.9 Å². The maximum absolute atomic E-state index is 12.1. The summed E-state index contributed by atoms with van der Waals surface area (Å²) in [6, 6.07) is 10.0. The van der Waals surface area contributed by atoms with Gasteiger partial charge >= 0.3 is 0 Å². The van der Waals surface area contributed by atoms with E-state index in [9.17, 15) is 4.79 Å². The number of likely N-dealkylation sites (tertiary alicyclic amines) is 1. The van der Waals surface area contributed by atoms with Crippen LogP contribution in [-0.4, -0.2) is 33.4 Å². The second-order valence-corrected chi connectivity index (χ2v) is 5.47. The van der Waals surface area contributed by atoms with Crippen molar-refractivity contribution in [1.82, 2.24) is 14.9 Å². The molecule has 1 saturated heterocycles. The number of carbonyl (C=O) groups excluding carboxylic acids is 1. The number of benzene rings is 1. The number of amides is 1. The van der Waals surface area contributed by atoms with Gasteiger partial charge in [0.1, 0.15) is 0 Å². The van der Waals surface area contributed by atoms with Gasteiger partial charge in [-0.2, -0.15) is 0 Å². The summed E-state index contributed by atoms with van der Waals surface area (Å²) in [5.74, 6) is 0.643. The van der Waals surface area contributed by atoms with Gasteiger partial charge in [0.2, 0.25) is 11.9 Å². The lowest BCUT2D eigenvalue weighted by Crippen LogP contribution is -2.28. The van der Waals surface area contributed by atoms with Crippen LogP contribution in [0.5, 0.6) is 0 Å². The van der Waals surface area contributed by atoms with Crippen LogP contribution in [0.25, 0.3) is 0 Å². The molecule has 0 spiro atoms. The van der Waals surface area contributed by atoms with E-state index in [1.54, 1.807) is 0 Å². The summed E-state index contributed by atoms with van der Waals surface area (Å²) < 4.78 is 0. The Kier molecular flexibility index (Phi) is 4.01. The van der Waals surface area contributed by atoms with Crippen LogP contribution < -0.4 is 5.32 Å². The molecule has 6 heteroatoms. The van der Waals surface area contributed by atoms with E-state index in [-0.39, 0.29) is 11.9 Å². The number of halogens is 1. The zero-order valence-electron chi connectivity index (χ0n) is 11.4. The minimum atomic E-state index is 0.0300. The van der Waals surface area contributed by atoms with Crippen molar-refractivity contribution in [2.75, 3.05) is 11.9 Å². The third-order valence-corrected chi connectivity index (χ3v) is 3.58. The molecule has 0 unspecified atom stereocenters. The van der Waals surface area contributed by atoms with Crippen molar-refractivity contribution in [3.63, 3.8) is 0 Å². The Hall–Kier alpha value is -2.14. The highest BCUT2D eigenvalue weighted by Gasteiger charge is 2.29. The molecule has 0 radical (unpaired) electrons. The van der Waals surface area contributed by atoms with Gasteiger partial charge in [-0.3, -0.25) is 4.79 Å². The summed E-state index contributed by atoms with van der Waals surface area (Å²) in [6.07, 6.45) is 3.53. The predicted octanol–water partition coefficient (Wildman–Crippen LogP) is 2.34. The molecule has 108 valence electrons. The molecule has 1 atom stereocenters. The van der Waals surface area contributed by atoms with Crippen molar-refractivity contribution in [1.29, 1.82) is 0 Å². The Morgan fingerprint density at radius 3 is 2.67 bits per heavy atom. The minimum Gasteiger partial charge on any atom is -0.349 e. The van der Waals surface area contributed by atoms with Gasteiger partial charge in [0.15, 0.2) is 0 Å². The van der Waals surface area contributed by atoms with Crippen LogP contribution in [0.3, 0.4) is 0 Å². The van der Waals surface area contributed by atoms with Gasteiger partial charge in [-0.15, -0.1) is 0 Å². The molecule has 0 aliphatic carbocycles. The third kappa shape index (κ3) is 3.49. The molecule has 2 heterocycles. The fourth-order valence-corrected chi connectivity index (χ4v) is 2.49. The molecule has 0 bridgehead atoms. The molecule has 5 nitrogen and oxygen atoms in total. The number of aromatic nitrogens is 2. The molecular formula is C15H15ClN4O. The number of hydrogen-bond donors (Lipinski definition) is 1. The first-order valence-corrected chi connectivity index (χ1v) is 7.14. The SMILES string of the molecule is O=C1C[C@@H](Nc2ncc(Cl)cn2)CN1Cc1ccccc1. The average molecular weight is 303 g/mol. The maximum atomic E-state index is 12.1. The highest BCUT2D eigenvalue weighted by molar-refractivity contribution is 6.30. The van der Waals surface area contributed by atoms with Crippen molar-refractivity contribution in [3.8, 4) is 0 Å². The third-order valence-electron chi connectivity index (χ3n) is 3.38. The summed E-state index contributed by atoms with van der Waals surface area (Å²) in [4.78, 5) is 22.1. The smallest absolute Gasteiger partial charge is 0.225 e. The van der Waals surface area contributed by atoms with E-state index < -0.39 is 0 Å². The van der Waals surface area contributed by atoms with Crippen LogP contribution >= 0.6 is 11.6 Å². The Balaban J connectivity index is 1.60. The summed E-state index contributed by atoms with van der Waals surface area (Å²) in [5.41, 5.74) is 1.13. The van der Waals surface area contributed by atoms with Gasteiger partial charge in [-0.25, -0.2) is 9.97 Å². The summed E-state index contributed by atoms with van der Waals surface area (Å²) >= 11 is 5.75. The van der Waals surface area contributed by atoms with E-state index in [1.807, 2.05) is 35.2 Å². The number of rotatable bonds is 4. The first-order valence-electron chi connectivity index (χ1n) is 6.76. The average Bonchev–Trinajstić information content (AvgIpc) is 2.82. The molecule has 1 N–H and O–H groups in total. The molecule has 21 heavy (non-hydrogen) atoms. The zero-order chi connectivity index (χ0) is 14.7. The van der Waals surface area contributed by atoms with Crippen molar-refractivity contribution < 1.29 is 4.79 Å². The van der Waals surface area contributed by atoms with E-state index in [0.29, 0.717) is 30.5 Å². The van der Waals surface area contributed by atoms with Crippen molar-refractivity contribution in [3.05, 3.63) is 53.3 Å². The van der Waals surface area contributed by atoms with Crippen molar-refractivity contribution in [2.45, 2.75) is 19.0 Å². The number of nitrogens with zero attached hydrogens (tertiary/aromatic N) is 3. The second-order valence-electron chi connectivity index (χ2n) is 5.03. The van der Waals surface area contributed by atoms with E-state index in [4.69, 9.17) is 11.6 Å². The van der Waals surface area contributed by atoms with E-state index in [1.165, 1.54) is 12.4 Å².